The van der Waals surface area contributed by atoms with E-state index in [4.69, 9.17) is 11.6 Å². The van der Waals surface area contributed by atoms with Gasteiger partial charge in [-0.25, -0.2) is 18.4 Å². The van der Waals surface area contributed by atoms with Gasteiger partial charge in [0.15, 0.2) is 9.84 Å². The lowest BCUT2D eigenvalue weighted by atomic mass is 10.2. The molecule has 1 aromatic rings. The van der Waals surface area contributed by atoms with Gasteiger partial charge in [-0.1, -0.05) is 11.6 Å². The molecule has 1 N–H and O–H groups in total. The van der Waals surface area contributed by atoms with E-state index >= 15 is 0 Å². The Morgan fingerprint density at radius 1 is 1.38 bits per heavy atom. The van der Waals surface area contributed by atoms with Gasteiger partial charge < -0.3 is 5.32 Å². The van der Waals surface area contributed by atoms with E-state index in [1.807, 2.05) is 0 Å². The zero-order chi connectivity index (χ0) is 12.4. The minimum absolute atomic E-state index is 0.244. The van der Waals surface area contributed by atoms with Crippen molar-refractivity contribution in [2.24, 2.45) is 0 Å². The number of aromatic nitrogens is 2. The molecular weight excluding hydrogens is 250 g/mol. The molecule has 0 spiro atoms. The van der Waals surface area contributed by atoms with Crippen LogP contribution in [0.5, 0.6) is 0 Å². The van der Waals surface area contributed by atoms with Gasteiger partial charge in [0.25, 0.3) is 0 Å². The SMILES string of the molecule is CC(C)(CNc1ncc(Cl)cn1)S(C)(=O)=O. The van der Waals surface area contributed by atoms with Gasteiger partial charge in [-0.3, -0.25) is 0 Å². The molecule has 0 saturated heterocycles. The van der Waals surface area contributed by atoms with Gasteiger partial charge in [0, 0.05) is 12.8 Å². The number of hydrogen-bond acceptors (Lipinski definition) is 5. The van der Waals surface area contributed by atoms with Gasteiger partial charge in [0.1, 0.15) is 0 Å². The highest BCUT2D eigenvalue weighted by atomic mass is 35.5. The molecule has 1 heterocycles. The summed E-state index contributed by atoms with van der Waals surface area (Å²) in [7, 11) is -3.12. The molecule has 0 atom stereocenters. The van der Waals surface area contributed by atoms with Crippen molar-refractivity contribution in [2.45, 2.75) is 18.6 Å². The monoisotopic (exact) mass is 263 g/mol. The summed E-state index contributed by atoms with van der Waals surface area (Å²) >= 11 is 5.63. The zero-order valence-electron chi connectivity index (χ0n) is 9.36. The Labute approximate surface area is 100 Å². The van der Waals surface area contributed by atoms with E-state index < -0.39 is 14.6 Å². The molecule has 1 rings (SSSR count). The molecule has 7 heteroatoms. The fourth-order valence-corrected chi connectivity index (χ4v) is 1.26. The van der Waals surface area contributed by atoms with Gasteiger partial charge in [0.2, 0.25) is 5.95 Å². The van der Waals surface area contributed by atoms with Crippen LogP contribution in [0.4, 0.5) is 5.95 Å². The first-order valence-electron chi connectivity index (χ1n) is 4.63. The number of hydrogen-bond donors (Lipinski definition) is 1. The van der Waals surface area contributed by atoms with E-state index in [-0.39, 0.29) is 6.54 Å². The lowest BCUT2D eigenvalue weighted by Crippen LogP contribution is -2.38. The number of anilines is 1. The number of rotatable bonds is 4. The summed E-state index contributed by atoms with van der Waals surface area (Å²) < 4.78 is 22.0. The Bertz CT molecular complexity index is 456. The van der Waals surface area contributed by atoms with Gasteiger partial charge in [-0.05, 0) is 13.8 Å². The Hall–Kier alpha value is -0.880. The Kier molecular flexibility index (Phi) is 3.75. The molecule has 0 unspecified atom stereocenters. The van der Waals surface area contributed by atoms with Crippen molar-refractivity contribution in [3.63, 3.8) is 0 Å². The summed E-state index contributed by atoms with van der Waals surface area (Å²) in [6.07, 6.45) is 4.10. The Balaban J connectivity index is 2.68. The summed E-state index contributed by atoms with van der Waals surface area (Å²) in [5.41, 5.74) is 0. The van der Waals surface area contributed by atoms with E-state index in [1.54, 1.807) is 13.8 Å². The van der Waals surface area contributed by atoms with E-state index in [0.717, 1.165) is 0 Å². The molecule has 0 saturated carbocycles. The molecule has 5 nitrogen and oxygen atoms in total. The second kappa shape index (κ2) is 4.55. The van der Waals surface area contributed by atoms with E-state index in [2.05, 4.69) is 15.3 Å². The lowest BCUT2D eigenvalue weighted by molar-refractivity contribution is 0.559. The standard InChI is InChI=1S/C9H14ClN3O2S/c1-9(2,16(3,14)15)6-13-8-11-4-7(10)5-12-8/h4-5H,6H2,1-3H3,(H,11,12,13). The highest BCUT2D eigenvalue weighted by molar-refractivity contribution is 7.92. The maximum absolute atomic E-state index is 11.4. The van der Waals surface area contributed by atoms with Gasteiger partial charge in [0.05, 0.1) is 22.2 Å². The van der Waals surface area contributed by atoms with E-state index in [1.165, 1.54) is 18.6 Å². The topological polar surface area (TPSA) is 72.0 Å². The molecule has 90 valence electrons. The largest absolute Gasteiger partial charge is 0.353 e. The van der Waals surface area contributed by atoms with Crippen LogP contribution >= 0.6 is 11.6 Å². The minimum Gasteiger partial charge on any atom is -0.353 e. The second-order valence-corrected chi connectivity index (χ2v) is 7.20. The summed E-state index contributed by atoms with van der Waals surface area (Å²) in [6.45, 7) is 3.53. The van der Waals surface area contributed by atoms with Gasteiger partial charge >= 0.3 is 0 Å². The third-order valence-electron chi connectivity index (χ3n) is 2.30. The van der Waals surface area contributed by atoms with Crippen LogP contribution in [0, 0.1) is 0 Å². The third kappa shape index (κ3) is 3.31. The first-order chi connectivity index (χ1) is 7.22. The summed E-state index contributed by atoms with van der Waals surface area (Å²) in [5.74, 6) is 0.362. The average molecular weight is 264 g/mol. The quantitative estimate of drug-likeness (QED) is 0.888. The summed E-state index contributed by atoms with van der Waals surface area (Å²) in [4.78, 5) is 7.83. The molecule has 0 fully saturated rings. The molecule has 16 heavy (non-hydrogen) atoms. The average Bonchev–Trinajstić information content (AvgIpc) is 2.15. The van der Waals surface area contributed by atoms with Crippen LogP contribution in [-0.2, 0) is 9.84 Å². The fourth-order valence-electron chi connectivity index (χ4n) is 0.827. The number of nitrogens with one attached hydrogen (secondary N) is 1. The van der Waals surface area contributed by atoms with Crippen LogP contribution in [0.2, 0.25) is 5.02 Å². The maximum atomic E-state index is 11.4. The molecule has 0 bridgehead atoms. The Morgan fingerprint density at radius 3 is 2.31 bits per heavy atom. The molecule has 0 aromatic carbocycles. The third-order valence-corrected chi connectivity index (χ3v) is 4.64. The van der Waals surface area contributed by atoms with Crippen molar-refractivity contribution in [2.75, 3.05) is 18.1 Å². The number of nitrogens with zero attached hydrogens (tertiary/aromatic N) is 2. The number of sulfone groups is 1. The van der Waals surface area contributed by atoms with Crippen LogP contribution < -0.4 is 5.32 Å². The van der Waals surface area contributed by atoms with E-state index in [0.29, 0.717) is 11.0 Å². The van der Waals surface area contributed by atoms with Crippen molar-refractivity contribution in [3.8, 4) is 0 Å². The van der Waals surface area contributed by atoms with Crippen LogP contribution in [0.3, 0.4) is 0 Å². The second-order valence-electron chi connectivity index (χ2n) is 4.11. The lowest BCUT2D eigenvalue weighted by Gasteiger charge is -2.22. The Morgan fingerprint density at radius 2 is 1.88 bits per heavy atom. The van der Waals surface area contributed by atoms with Crippen molar-refractivity contribution >= 4 is 27.4 Å². The first-order valence-corrected chi connectivity index (χ1v) is 6.90. The zero-order valence-corrected chi connectivity index (χ0v) is 10.9. The molecule has 0 aliphatic heterocycles. The fraction of sp³-hybridized carbons (Fsp3) is 0.556. The highest BCUT2D eigenvalue weighted by Gasteiger charge is 2.29. The molecule has 0 aliphatic carbocycles. The number of halogens is 1. The van der Waals surface area contributed by atoms with Crippen molar-refractivity contribution in [3.05, 3.63) is 17.4 Å². The molecule has 0 radical (unpaired) electrons. The van der Waals surface area contributed by atoms with Crippen LogP contribution in [0.1, 0.15) is 13.8 Å². The maximum Gasteiger partial charge on any atom is 0.222 e. The van der Waals surface area contributed by atoms with Crippen LogP contribution in [0.25, 0.3) is 0 Å². The smallest absolute Gasteiger partial charge is 0.222 e. The normalized spacial score (nSPS) is 12.5. The predicted molar refractivity (Wildman–Crippen MR) is 64.5 cm³/mol. The highest BCUT2D eigenvalue weighted by Crippen LogP contribution is 2.15. The van der Waals surface area contributed by atoms with E-state index in [9.17, 15) is 8.42 Å². The molecule has 0 aliphatic rings. The van der Waals surface area contributed by atoms with Gasteiger partial charge in [-0.15, -0.1) is 0 Å². The van der Waals surface area contributed by atoms with Crippen molar-refractivity contribution < 1.29 is 8.42 Å². The first kappa shape index (κ1) is 13.2. The van der Waals surface area contributed by atoms with Crippen molar-refractivity contribution in [1.29, 1.82) is 0 Å². The molecular formula is C9H14ClN3O2S. The van der Waals surface area contributed by atoms with Crippen LogP contribution in [-0.4, -0.2) is 35.9 Å². The molecule has 1 aromatic heterocycles. The summed E-state index contributed by atoms with van der Waals surface area (Å²) in [6, 6.07) is 0. The van der Waals surface area contributed by atoms with Crippen molar-refractivity contribution in [1.82, 2.24) is 9.97 Å². The minimum atomic E-state index is -3.12. The van der Waals surface area contributed by atoms with Gasteiger partial charge in [-0.2, -0.15) is 0 Å². The summed E-state index contributed by atoms with van der Waals surface area (Å²) in [5, 5.41) is 3.30. The molecule has 0 amide bonds. The van der Waals surface area contributed by atoms with Crippen LogP contribution in [0.15, 0.2) is 12.4 Å². The predicted octanol–water partition coefficient (Wildman–Crippen LogP) is 1.37.